The number of hydrogen-bond donors (Lipinski definition) is 1. The van der Waals surface area contributed by atoms with E-state index in [2.05, 4.69) is 27.1 Å². The number of nitrogens with zero attached hydrogens (tertiary/aromatic N) is 3. The third-order valence-electron chi connectivity index (χ3n) is 5.66. The predicted octanol–water partition coefficient (Wildman–Crippen LogP) is 3.17. The third-order valence-corrected chi connectivity index (χ3v) is 5.66. The van der Waals surface area contributed by atoms with Crippen molar-refractivity contribution in [2.24, 2.45) is 11.8 Å². The van der Waals surface area contributed by atoms with E-state index in [1.165, 1.54) is 32.1 Å². The lowest BCUT2D eigenvalue weighted by Gasteiger charge is -2.33. The monoisotopic (exact) mass is 330 g/mol. The number of hydrogen-bond acceptors (Lipinski definition) is 4. The number of nitrogens with one attached hydrogen (secondary N) is 1. The summed E-state index contributed by atoms with van der Waals surface area (Å²) in [5.74, 6) is 2.31. The van der Waals surface area contributed by atoms with Gasteiger partial charge in [-0.15, -0.1) is 0 Å². The van der Waals surface area contributed by atoms with Crippen LogP contribution in [0, 0.1) is 11.8 Å². The summed E-state index contributed by atoms with van der Waals surface area (Å²) in [5, 5.41) is 3.25. The molecule has 1 saturated carbocycles. The number of anilines is 1. The summed E-state index contributed by atoms with van der Waals surface area (Å²) < 4.78 is 0. The first kappa shape index (κ1) is 17.2. The SMILES string of the molecule is CC(CC(=O)NC1CCN(c2ncccn2)CC1)C1CCCCC1. The van der Waals surface area contributed by atoms with E-state index < -0.39 is 0 Å². The Morgan fingerprint density at radius 2 is 1.83 bits per heavy atom. The minimum atomic E-state index is 0.238. The number of amides is 1. The van der Waals surface area contributed by atoms with Crippen molar-refractivity contribution in [3.05, 3.63) is 18.5 Å². The van der Waals surface area contributed by atoms with Crippen LogP contribution in [-0.2, 0) is 4.79 Å². The standard InChI is InChI=1S/C19H30N4O/c1-15(16-6-3-2-4-7-16)14-18(24)22-17-8-12-23(13-9-17)19-20-10-5-11-21-19/h5,10-11,15-17H,2-4,6-9,12-14H2,1H3,(H,22,24). The molecule has 5 heteroatoms. The highest BCUT2D eigenvalue weighted by molar-refractivity contribution is 5.76. The molecule has 2 fully saturated rings. The predicted molar refractivity (Wildman–Crippen MR) is 95.8 cm³/mol. The maximum absolute atomic E-state index is 12.4. The largest absolute Gasteiger partial charge is 0.353 e. The zero-order valence-electron chi connectivity index (χ0n) is 14.8. The normalized spacial score (nSPS) is 21.5. The van der Waals surface area contributed by atoms with Crippen LogP contribution in [0.3, 0.4) is 0 Å². The highest BCUT2D eigenvalue weighted by atomic mass is 16.1. The Labute approximate surface area is 145 Å². The van der Waals surface area contributed by atoms with Crippen LogP contribution >= 0.6 is 0 Å². The van der Waals surface area contributed by atoms with Crippen molar-refractivity contribution in [3.63, 3.8) is 0 Å². The van der Waals surface area contributed by atoms with Gasteiger partial charge in [0.2, 0.25) is 11.9 Å². The van der Waals surface area contributed by atoms with Gasteiger partial charge in [0.1, 0.15) is 0 Å². The van der Waals surface area contributed by atoms with E-state index in [0.29, 0.717) is 18.4 Å². The Morgan fingerprint density at radius 1 is 1.17 bits per heavy atom. The van der Waals surface area contributed by atoms with Gasteiger partial charge in [-0.2, -0.15) is 0 Å². The van der Waals surface area contributed by atoms with Crippen molar-refractivity contribution < 1.29 is 4.79 Å². The number of carbonyl (C=O) groups excluding carboxylic acids is 1. The molecule has 0 spiro atoms. The van der Waals surface area contributed by atoms with Gasteiger partial charge >= 0.3 is 0 Å². The van der Waals surface area contributed by atoms with Crippen LogP contribution in [0.2, 0.25) is 0 Å². The summed E-state index contributed by atoms with van der Waals surface area (Å²) in [4.78, 5) is 23.2. The molecule has 0 aromatic carbocycles. The van der Waals surface area contributed by atoms with Gasteiger partial charge in [0.05, 0.1) is 0 Å². The van der Waals surface area contributed by atoms with Crippen LogP contribution in [-0.4, -0.2) is 35.0 Å². The van der Waals surface area contributed by atoms with Crippen molar-refractivity contribution in [2.45, 2.75) is 64.3 Å². The van der Waals surface area contributed by atoms with Gasteiger partial charge in [-0.25, -0.2) is 9.97 Å². The fourth-order valence-corrected chi connectivity index (χ4v) is 4.13. The zero-order chi connectivity index (χ0) is 16.8. The lowest BCUT2D eigenvalue weighted by Crippen LogP contribution is -2.45. The van der Waals surface area contributed by atoms with Crippen LogP contribution < -0.4 is 10.2 Å². The minimum Gasteiger partial charge on any atom is -0.353 e. The van der Waals surface area contributed by atoms with Gasteiger partial charge in [0.25, 0.3) is 0 Å². The Hall–Kier alpha value is -1.65. The van der Waals surface area contributed by atoms with E-state index in [4.69, 9.17) is 0 Å². The third kappa shape index (κ3) is 4.68. The van der Waals surface area contributed by atoms with Gasteiger partial charge in [-0.1, -0.05) is 39.0 Å². The van der Waals surface area contributed by atoms with E-state index in [1.807, 2.05) is 6.07 Å². The highest BCUT2D eigenvalue weighted by Gasteiger charge is 2.25. The summed E-state index contributed by atoms with van der Waals surface area (Å²) in [5.41, 5.74) is 0. The van der Waals surface area contributed by atoms with E-state index in [9.17, 15) is 4.79 Å². The molecular weight excluding hydrogens is 300 g/mol. The molecule has 1 aliphatic heterocycles. The van der Waals surface area contributed by atoms with Crippen molar-refractivity contribution in [1.82, 2.24) is 15.3 Å². The summed E-state index contributed by atoms with van der Waals surface area (Å²) in [6.45, 7) is 4.07. The molecular formula is C19H30N4O. The maximum Gasteiger partial charge on any atom is 0.225 e. The molecule has 24 heavy (non-hydrogen) atoms. The smallest absolute Gasteiger partial charge is 0.225 e. The van der Waals surface area contributed by atoms with Crippen LogP contribution in [0.1, 0.15) is 58.3 Å². The molecule has 2 heterocycles. The Bertz CT molecular complexity index is 507. The van der Waals surface area contributed by atoms with E-state index in [1.54, 1.807) is 12.4 Å². The lowest BCUT2D eigenvalue weighted by atomic mass is 9.79. The van der Waals surface area contributed by atoms with Crippen LogP contribution in [0.25, 0.3) is 0 Å². The first-order valence-corrected chi connectivity index (χ1v) is 9.53. The maximum atomic E-state index is 12.4. The number of aromatic nitrogens is 2. The molecule has 1 atom stereocenters. The molecule has 1 N–H and O–H groups in total. The summed E-state index contributed by atoms with van der Waals surface area (Å²) in [6.07, 6.45) is 12.9. The highest BCUT2D eigenvalue weighted by Crippen LogP contribution is 2.31. The molecule has 5 nitrogen and oxygen atoms in total. The number of carbonyl (C=O) groups is 1. The minimum absolute atomic E-state index is 0.238. The molecule has 3 rings (SSSR count). The molecule has 1 aliphatic carbocycles. The second kappa shape index (κ2) is 8.45. The number of piperidine rings is 1. The van der Waals surface area contributed by atoms with Crippen molar-refractivity contribution in [1.29, 1.82) is 0 Å². The molecule has 0 radical (unpaired) electrons. The summed E-state index contributed by atoms with van der Waals surface area (Å²) in [7, 11) is 0. The molecule has 132 valence electrons. The Morgan fingerprint density at radius 3 is 2.50 bits per heavy atom. The topological polar surface area (TPSA) is 58.1 Å². The van der Waals surface area contributed by atoms with E-state index in [-0.39, 0.29) is 5.91 Å². The van der Waals surface area contributed by atoms with Gasteiger partial charge in [0, 0.05) is 37.9 Å². The van der Waals surface area contributed by atoms with E-state index in [0.717, 1.165) is 37.8 Å². The van der Waals surface area contributed by atoms with Crippen LogP contribution in [0.5, 0.6) is 0 Å². The molecule has 1 aromatic rings. The first-order valence-electron chi connectivity index (χ1n) is 9.53. The fraction of sp³-hybridized carbons (Fsp3) is 0.737. The molecule has 1 amide bonds. The number of rotatable bonds is 5. The van der Waals surface area contributed by atoms with Gasteiger partial charge in [-0.05, 0) is 30.7 Å². The van der Waals surface area contributed by atoms with Crippen molar-refractivity contribution in [2.75, 3.05) is 18.0 Å². The first-order chi connectivity index (χ1) is 11.7. The fourth-order valence-electron chi connectivity index (χ4n) is 4.13. The second-order valence-electron chi connectivity index (χ2n) is 7.46. The van der Waals surface area contributed by atoms with Gasteiger partial charge in [0.15, 0.2) is 0 Å². The Balaban J connectivity index is 1.40. The molecule has 1 unspecified atom stereocenters. The quantitative estimate of drug-likeness (QED) is 0.901. The van der Waals surface area contributed by atoms with E-state index >= 15 is 0 Å². The average Bonchev–Trinajstić information content (AvgIpc) is 2.64. The molecule has 1 aromatic heterocycles. The van der Waals surface area contributed by atoms with Gasteiger partial charge in [-0.3, -0.25) is 4.79 Å². The van der Waals surface area contributed by atoms with Crippen molar-refractivity contribution >= 4 is 11.9 Å². The summed E-state index contributed by atoms with van der Waals surface area (Å²) in [6, 6.07) is 2.14. The second-order valence-corrected chi connectivity index (χ2v) is 7.46. The summed E-state index contributed by atoms with van der Waals surface area (Å²) >= 11 is 0. The molecule has 0 bridgehead atoms. The molecule has 1 saturated heterocycles. The van der Waals surface area contributed by atoms with Crippen molar-refractivity contribution in [3.8, 4) is 0 Å². The van der Waals surface area contributed by atoms with Gasteiger partial charge < -0.3 is 10.2 Å². The molecule has 2 aliphatic rings. The zero-order valence-corrected chi connectivity index (χ0v) is 14.8. The average molecular weight is 330 g/mol. The Kier molecular flexibility index (Phi) is 6.05. The van der Waals surface area contributed by atoms with Crippen LogP contribution in [0.15, 0.2) is 18.5 Å². The lowest BCUT2D eigenvalue weighted by molar-refractivity contribution is -0.123. The van der Waals surface area contributed by atoms with Crippen LogP contribution in [0.4, 0.5) is 5.95 Å².